The van der Waals surface area contributed by atoms with E-state index in [0.29, 0.717) is 36.1 Å². The van der Waals surface area contributed by atoms with Gasteiger partial charge in [-0.15, -0.1) is 0 Å². The van der Waals surface area contributed by atoms with Gasteiger partial charge in [-0.2, -0.15) is 0 Å². The average Bonchev–Trinajstić information content (AvgIpc) is 2.64. The molecule has 0 aliphatic carbocycles. The molecule has 0 amide bonds. The van der Waals surface area contributed by atoms with Crippen molar-refractivity contribution in [1.82, 2.24) is 5.32 Å². The summed E-state index contributed by atoms with van der Waals surface area (Å²) in [5, 5.41) is 13.2. The van der Waals surface area contributed by atoms with Crippen LogP contribution in [0.5, 0.6) is 11.5 Å². The fourth-order valence-electron chi connectivity index (χ4n) is 2.74. The maximum absolute atomic E-state index is 11.5. The molecule has 0 saturated heterocycles. The number of halogens is 1. The summed E-state index contributed by atoms with van der Waals surface area (Å²) in [6.07, 6.45) is 0.556. The summed E-state index contributed by atoms with van der Waals surface area (Å²) in [7, 11) is 1.58. The van der Waals surface area contributed by atoms with Gasteiger partial charge in [0, 0.05) is 17.1 Å². The molecule has 0 aliphatic heterocycles. The van der Waals surface area contributed by atoms with Crippen molar-refractivity contribution in [2.24, 2.45) is 5.92 Å². The standard InChI is InChI=1S/C21H26ClNO4/c1-14(2)11-18(21(24)25)23-12-16-5-4-6-19(26-3)20(16)27-13-15-7-9-17(22)10-8-15/h4-10,14,18,23H,11-13H2,1-3H3,(H,24,25). The summed E-state index contributed by atoms with van der Waals surface area (Å²) >= 11 is 5.92. The minimum Gasteiger partial charge on any atom is -0.493 e. The summed E-state index contributed by atoms with van der Waals surface area (Å²) < 4.78 is 11.4. The van der Waals surface area contributed by atoms with Crippen LogP contribution >= 0.6 is 11.6 Å². The Bertz CT molecular complexity index is 746. The smallest absolute Gasteiger partial charge is 0.320 e. The molecule has 27 heavy (non-hydrogen) atoms. The molecule has 0 bridgehead atoms. The number of methoxy groups -OCH3 is 1. The van der Waals surface area contributed by atoms with Gasteiger partial charge in [-0.05, 0) is 36.1 Å². The number of para-hydroxylation sites is 1. The normalized spacial score (nSPS) is 12.0. The van der Waals surface area contributed by atoms with Crippen LogP contribution in [0.3, 0.4) is 0 Å². The van der Waals surface area contributed by atoms with E-state index in [2.05, 4.69) is 5.32 Å². The molecule has 2 aromatic rings. The highest BCUT2D eigenvalue weighted by Crippen LogP contribution is 2.32. The maximum Gasteiger partial charge on any atom is 0.320 e. The van der Waals surface area contributed by atoms with Crippen molar-refractivity contribution >= 4 is 17.6 Å². The van der Waals surface area contributed by atoms with E-state index in [-0.39, 0.29) is 5.92 Å². The average molecular weight is 392 g/mol. The molecule has 0 aromatic heterocycles. The van der Waals surface area contributed by atoms with E-state index in [9.17, 15) is 9.90 Å². The van der Waals surface area contributed by atoms with E-state index in [1.807, 2.05) is 56.3 Å². The number of benzene rings is 2. The van der Waals surface area contributed by atoms with Crippen LogP contribution in [0.1, 0.15) is 31.4 Å². The molecule has 0 aliphatic rings. The first-order chi connectivity index (χ1) is 12.9. The quantitative estimate of drug-likeness (QED) is 0.623. The van der Waals surface area contributed by atoms with Gasteiger partial charge in [-0.3, -0.25) is 4.79 Å². The number of carbonyl (C=O) groups is 1. The Morgan fingerprint density at radius 2 is 1.89 bits per heavy atom. The number of rotatable bonds is 10. The topological polar surface area (TPSA) is 67.8 Å². The van der Waals surface area contributed by atoms with Gasteiger partial charge in [-0.1, -0.05) is 49.7 Å². The Balaban J connectivity index is 2.13. The zero-order chi connectivity index (χ0) is 19.8. The minimum absolute atomic E-state index is 0.282. The van der Waals surface area contributed by atoms with Crippen molar-refractivity contribution in [2.45, 2.75) is 39.5 Å². The highest BCUT2D eigenvalue weighted by molar-refractivity contribution is 6.30. The van der Waals surface area contributed by atoms with E-state index < -0.39 is 12.0 Å². The first kappa shape index (κ1) is 21.1. The Hall–Kier alpha value is -2.24. The molecule has 6 heteroatoms. The zero-order valence-electron chi connectivity index (χ0n) is 15.9. The number of ether oxygens (including phenoxy) is 2. The zero-order valence-corrected chi connectivity index (χ0v) is 16.6. The van der Waals surface area contributed by atoms with Crippen LogP contribution in [0.15, 0.2) is 42.5 Å². The van der Waals surface area contributed by atoms with Gasteiger partial charge >= 0.3 is 5.97 Å². The van der Waals surface area contributed by atoms with Crippen LogP contribution in [0.4, 0.5) is 0 Å². The van der Waals surface area contributed by atoms with E-state index >= 15 is 0 Å². The van der Waals surface area contributed by atoms with Gasteiger partial charge in [0.2, 0.25) is 0 Å². The largest absolute Gasteiger partial charge is 0.493 e. The Morgan fingerprint density at radius 1 is 1.19 bits per heavy atom. The summed E-state index contributed by atoms with van der Waals surface area (Å²) in [5.41, 5.74) is 1.82. The van der Waals surface area contributed by atoms with Crippen molar-refractivity contribution < 1.29 is 19.4 Å². The fraction of sp³-hybridized carbons (Fsp3) is 0.381. The molecule has 146 valence electrons. The molecule has 1 unspecified atom stereocenters. The summed E-state index contributed by atoms with van der Waals surface area (Å²) in [5.74, 6) is 0.648. The Kier molecular flexibility index (Phi) is 7.95. The lowest BCUT2D eigenvalue weighted by atomic mass is 10.0. The van der Waals surface area contributed by atoms with Gasteiger partial charge < -0.3 is 19.9 Å². The molecule has 5 nitrogen and oxygen atoms in total. The molecular formula is C21H26ClNO4. The number of hydrogen-bond acceptors (Lipinski definition) is 4. The summed E-state index contributed by atoms with van der Waals surface area (Å²) in [6.45, 7) is 4.74. The van der Waals surface area contributed by atoms with E-state index in [0.717, 1.165) is 11.1 Å². The van der Waals surface area contributed by atoms with E-state index in [1.165, 1.54) is 0 Å². The number of hydrogen-bond donors (Lipinski definition) is 2. The van der Waals surface area contributed by atoms with Crippen molar-refractivity contribution in [3.8, 4) is 11.5 Å². The SMILES string of the molecule is COc1cccc(CNC(CC(C)C)C(=O)O)c1OCc1ccc(Cl)cc1. The van der Waals surface area contributed by atoms with Crippen LogP contribution in [-0.4, -0.2) is 24.2 Å². The van der Waals surface area contributed by atoms with E-state index in [4.69, 9.17) is 21.1 Å². The lowest BCUT2D eigenvalue weighted by Crippen LogP contribution is -2.37. The van der Waals surface area contributed by atoms with Crippen LogP contribution in [0.2, 0.25) is 5.02 Å². The van der Waals surface area contributed by atoms with Crippen LogP contribution in [-0.2, 0) is 17.9 Å². The van der Waals surface area contributed by atoms with Crippen molar-refractivity contribution in [2.75, 3.05) is 7.11 Å². The van der Waals surface area contributed by atoms with Crippen LogP contribution in [0.25, 0.3) is 0 Å². The lowest BCUT2D eigenvalue weighted by molar-refractivity contribution is -0.140. The molecule has 2 N–H and O–H groups in total. The molecule has 0 radical (unpaired) electrons. The second-order valence-electron chi connectivity index (χ2n) is 6.76. The molecule has 0 fully saturated rings. The summed E-state index contributed by atoms with van der Waals surface area (Å²) in [4.78, 5) is 11.5. The summed E-state index contributed by atoms with van der Waals surface area (Å²) in [6, 6.07) is 12.4. The van der Waals surface area contributed by atoms with Crippen molar-refractivity contribution in [3.05, 3.63) is 58.6 Å². The third kappa shape index (κ3) is 6.45. The lowest BCUT2D eigenvalue weighted by Gasteiger charge is -2.19. The second kappa shape index (κ2) is 10.2. The van der Waals surface area contributed by atoms with Crippen molar-refractivity contribution in [3.63, 3.8) is 0 Å². The molecule has 2 rings (SSSR count). The number of aliphatic carboxylic acids is 1. The third-order valence-electron chi connectivity index (χ3n) is 4.12. The fourth-order valence-corrected chi connectivity index (χ4v) is 2.86. The van der Waals surface area contributed by atoms with Gasteiger partial charge in [0.15, 0.2) is 11.5 Å². The van der Waals surface area contributed by atoms with Crippen LogP contribution < -0.4 is 14.8 Å². The van der Waals surface area contributed by atoms with Gasteiger partial charge in [0.05, 0.1) is 7.11 Å². The van der Waals surface area contributed by atoms with Crippen molar-refractivity contribution in [1.29, 1.82) is 0 Å². The number of carboxylic acids is 1. The predicted octanol–water partition coefficient (Wildman–Crippen LogP) is 4.52. The molecule has 0 heterocycles. The predicted molar refractivity (Wildman–Crippen MR) is 106 cm³/mol. The number of nitrogens with one attached hydrogen (secondary N) is 1. The molecule has 0 spiro atoms. The van der Waals surface area contributed by atoms with Gasteiger partial charge in [-0.25, -0.2) is 0 Å². The van der Waals surface area contributed by atoms with Crippen LogP contribution in [0, 0.1) is 5.92 Å². The maximum atomic E-state index is 11.5. The monoisotopic (exact) mass is 391 g/mol. The molecular weight excluding hydrogens is 366 g/mol. The highest BCUT2D eigenvalue weighted by atomic mass is 35.5. The molecule has 2 aromatic carbocycles. The molecule has 1 atom stereocenters. The van der Waals surface area contributed by atoms with Gasteiger partial charge in [0.25, 0.3) is 0 Å². The second-order valence-corrected chi connectivity index (χ2v) is 7.20. The Labute approximate surface area is 165 Å². The Morgan fingerprint density at radius 3 is 2.48 bits per heavy atom. The number of carboxylic acid groups (broad SMARTS) is 1. The first-order valence-electron chi connectivity index (χ1n) is 8.90. The highest BCUT2D eigenvalue weighted by Gasteiger charge is 2.19. The minimum atomic E-state index is -0.852. The van der Waals surface area contributed by atoms with Gasteiger partial charge in [0.1, 0.15) is 12.6 Å². The molecule has 0 saturated carbocycles. The first-order valence-corrected chi connectivity index (χ1v) is 9.27. The van der Waals surface area contributed by atoms with E-state index in [1.54, 1.807) is 7.11 Å². The third-order valence-corrected chi connectivity index (χ3v) is 4.37.